The highest BCUT2D eigenvalue weighted by Crippen LogP contribution is 2.17. The standard InChI is InChI=1S/C10H11BrClF/c11-9-5-4-8(7-10(9)13)3-1-2-6-12/h4-5,7H,1-3,6H2. The van der Waals surface area contributed by atoms with E-state index in [-0.39, 0.29) is 5.82 Å². The number of rotatable bonds is 4. The van der Waals surface area contributed by atoms with Gasteiger partial charge in [0.2, 0.25) is 0 Å². The Morgan fingerprint density at radius 2 is 2.08 bits per heavy atom. The van der Waals surface area contributed by atoms with Crippen LogP contribution in [0, 0.1) is 5.82 Å². The second-order valence-electron chi connectivity index (χ2n) is 2.89. The minimum Gasteiger partial charge on any atom is -0.206 e. The number of aryl methyl sites for hydroxylation is 1. The molecular formula is C10H11BrClF. The van der Waals surface area contributed by atoms with Gasteiger partial charge in [-0.1, -0.05) is 6.07 Å². The van der Waals surface area contributed by atoms with Gasteiger partial charge in [0.25, 0.3) is 0 Å². The van der Waals surface area contributed by atoms with E-state index in [1.54, 1.807) is 12.1 Å². The molecule has 0 aliphatic heterocycles. The van der Waals surface area contributed by atoms with Crippen LogP contribution in [0.2, 0.25) is 0 Å². The zero-order valence-corrected chi connectivity index (χ0v) is 9.54. The summed E-state index contributed by atoms with van der Waals surface area (Å²) in [6.07, 6.45) is 2.90. The van der Waals surface area contributed by atoms with Gasteiger partial charge < -0.3 is 0 Å². The Morgan fingerprint density at radius 1 is 1.31 bits per heavy atom. The maximum Gasteiger partial charge on any atom is 0.137 e. The normalized spacial score (nSPS) is 10.4. The van der Waals surface area contributed by atoms with Crippen molar-refractivity contribution < 1.29 is 4.39 Å². The van der Waals surface area contributed by atoms with E-state index in [4.69, 9.17) is 11.6 Å². The Morgan fingerprint density at radius 3 is 2.69 bits per heavy atom. The second kappa shape index (κ2) is 5.61. The smallest absolute Gasteiger partial charge is 0.137 e. The molecule has 0 nitrogen and oxygen atoms in total. The van der Waals surface area contributed by atoms with Crippen molar-refractivity contribution in [3.05, 3.63) is 34.1 Å². The predicted molar refractivity (Wildman–Crippen MR) is 57.8 cm³/mol. The average Bonchev–Trinajstić information content (AvgIpc) is 2.12. The number of halogens is 3. The van der Waals surface area contributed by atoms with E-state index < -0.39 is 0 Å². The fourth-order valence-electron chi connectivity index (χ4n) is 1.12. The van der Waals surface area contributed by atoms with Gasteiger partial charge in [0.1, 0.15) is 5.82 Å². The first-order chi connectivity index (χ1) is 6.24. The van der Waals surface area contributed by atoms with Crippen LogP contribution in [-0.2, 0) is 6.42 Å². The summed E-state index contributed by atoms with van der Waals surface area (Å²) >= 11 is 8.66. The highest BCUT2D eigenvalue weighted by atomic mass is 79.9. The molecule has 0 fully saturated rings. The van der Waals surface area contributed by atoms with Gasteiger partial charge >= 0.3 is 0 Å². The highest BCUT2D eigenvalue weighted by Gasteiger charge is 1.99. The average molecular weight is 266 g/mol. The lowest BCUT2D eigenvalue weighted by atomic mass is 10.1. The van der Waals surface area contributed by atoms with Crippen LogP contribution in [0.4, 0.5) is 4.39 Å². The van der Waals surface area contributed by atoms with Crippen molar-refractivity contribution in [1.29, 1.82) is 0 Å². The monoisotopic (exact) mass is 264 g/mol. The number of alkyl halides is 1. The topological polar surface area (TPSA) is 0 Å². The number of benzene rings is 1. The van der Waals surface area contributed by atoms with E-state index >= 15 is 0 Å². The quantitative estimate of drug-likeness (QED) is 0.567. The minimum atomic E-state index is -0.191. The minimum absolute atomic E-state index is 0.191. The molecule has 0 radical (unpaired) electrons. The van der Waals surface area contributed by atoms with Gasteiger partial charge in [-0.15, -0.1) is 11.6 Å². The SMILES string of the molecule is Fc1cc(CCCCCl)ccc1Br. The van der Waals surface area contributed by atoms with Crippen LogP contribution in [0.15, 0.2) is 22.7 Å². The van der Waals surface area contributed by atoms with E-state index in [0.717, 1.165) is 24.8 Å². The van der Waals surface area contributed by atoms with Gasteiger partial charge in [-0.2, -0.15) is 0 Å². The molecule has 1 aromatic rings. The van der Waals surface area contributed by atoms with Crippen LogP contribution in [0.1, 0.15) is 18.4 Å². The molecule has 0 atom stereocenters. The van der Waals surface area contributed by atoms with Gasteiger partial charge in [-0.3, -0.25) is 0 Å². The third kappa shape index (κ3) is 3.65. The summed E-state index contributed by atoms with van der Waals surface area (Å²) in [7, 11) is 0. The van der Waals surface area contributed by atoms with Crippen LogP contribution >= 0.6 is 27.5 Å². The second-order valence-corrected chi connectivity index (χ2v) is 4.13. The highest BCUT2D eigenvalue weighted by molar-refractivity contribution is 9.10. The van der Waals surface area contributed by atoms with Gasteiger partial charge in [0.15, 0.2) is 0 Å². The molecule has 0 aliphatic rings. The molecular weight excluding hydrogens is 254 g/mol. The Balaban J connectivity index is 2.53. The first-order valence-corrected chi connectivity index (χ1v) is 5.56. The molecule has 0 spiro atoms. The van der Waals surface area contributed by atoms with Gasteiger partial charge in [0, 0.05) is 5.88 Å². The van der Waals surface area contributed by atoms with Crippen molar-refractivity contribution >= 4 is 27.5 Å². The number of hydrogen-bond acceptors (Lipinski definition) is 0. The van der Waals surface area contributed by atoms with Crippen molar-refractivity contribution in [2.75, 3.05) is 5.88 Å². The van der Waals surface area contributed by atoms with Crippen LogP contribution < -0.4 is 0 Å². The molecule has 13 heavy (non-hydrogen) atoms. The molecule has 0 saturated heterocycles. The maximum absolute atomic E-state index is 13.0. The molecule has 1 aromatic carbocycles. The van der Waals surface area contributed by atoms with Crippen molar-refractivity contribution in [3.63, 3.8) is 0 Å². The van der Waals surface area contributed by atoms with Crippen molar-refractivity contribution in [3.8, 4) is 0 Å². The molecule has 3 heteroatoms. The third-order valence-corrected chi connectivity index (χ3v) is 2.74. The molecule has 0 N–H and O–H groups in total. The molecule has 0 unspecified atom stereocenters. The lowest BCUT2D eigenvalue weighted by Crippen LogP contribution is -1.88. The molecule has 72 valence electrons. The molecule has 0 aromatic heterocycles. The summed E-state index contributed by atoms with van der Waals surface area (Å²) in [6, 6.07) is 5.24. The summed E-state index contributed by atoms with van der Waals surface area (Å²) in [5, 5.41) is 0. The largest absolute Gasteiger partial charge is 0.206 e. The van der Waals surface area contributed by atoms with Crippen molar-refractivity contribution in [2.45, 2.75) is 19.3 Å². The van der Waals surface area contributed by atoms with Crippen LogP contribution in [0.25, 0.3) is 0 Å². The Kier molecular flexibility index (Phi) is 4.74. The summed E-state index contributed by atoms with van der Waals surface area (Å²) < 4.78 is 13.5. The fourth-order valence-corrected chi connectivity index (χ4v) is 1.55. The lowest BCUT2D eigenvalue weighted by Gasteiger charge is -2.01. The Hall–Kier alpha value is -0.0800. The predicted octanol–water partition coefficient (Wildman–Crippen LogP) is 4.15. The molecule has 1 rings (SSSR count). The molecule has 0 amide bonds. The molecule has 0 bridgehead atoms. The number of unbranched alkanes of at least 4 members (excludes halogenated alkanes) is 1. The molecule has 0 heterocycles. The van der Waals surface area contributed by atoms with Gasteiger partial charge in [0.05, 0.1) is 4.47 Å². The first-order valence-electron chi connectivity index (χ1n) is 4.24. The van der Waals surface area contributed by atoms with Crippen molar-refractivity contribution in [2.24, 2.45) is 0 Å². The molecule has 0 saturated carbocycles. The van der Waals surface area contributed by atoms with Crippen LogP contribution in [0.5, 0.6) is 0 Å². The zero-order chi connectivity index (χ0) is 9.68. The Bertz CT molecular complexity index is 276. The van der Waals surface area contributed by atoms with E-state index in [0.29, 0.717) is 10.4 Å². The summed E-state index contributed by atoms with van der Waals surface area (Å²) in [6.45, 7) is 0. The third-order valence-electron chi connectivity index (χ3n) is 1.83. The fraction of sp³-hybridized carbons (Fsp3) is 0.400. The van der Waals surface area contributed by atoms with E-state index in [1.165, 1.54) is 0 Å². The zero-order valence-electron chi connectivity index (χ0n) is 7.19. The lowest BCUT2D eigenvalue weighted by molar-refractivity contribution is 0.617. The van der Waals surface area contributed by atoms with E-state index in [1.807, 2.05) is 6.07 Å². The summed E-state index contributed by atoms with van der Waals surface area (Å²) in [4.78, 5) is 0. The van der Waals surface area contributed by atoms with Crippen LogP contribution in [-0.4, -0.2) is 5.88 Å². The van der Waals surface area contributed by atoms with Crippen LogP contribution in [0.3, 0.4) is 0 Å². The maximum atomic E-state index is 13.0. The summed E-state index contributed by atoms with van der Waals surface area (Å²) in [5.41, 5.74) is 1.03. The van der Waals surface area contributed by atoms with E-state index in [9.17, 15) is 4.39 Å². The number of hydrogen-bond donors (Lipinski definition) is 0. The van der Waals surface area contributed by atoms with Crippen molar-refractivity contribution in [1.82, 2.24) is 0 Å². The Labute approximate surface area is 91.2 Å². The van der Waals surface area contributed by atoms with Gasteiger partial charge in [-0.05, 0) is 52.9 Å². The van der Waals surface area contributed by atoms with E-state index in [2.05, 4.69) is 15.9 Å². The first kappa shape index (κ1) is 11.0. The molecule has 0 aliphatic carbocycles. The summed E-state index contributed by atoms with van der Waals surface area (Å²) in [5.74, 6) is 0.488. The van der Waals surface area contributed by atoms with Gasteiger partial charge in [-0.25, -0.2) is 4.39 Å².